The Labute approximate surface area is 121 Å². The number of benzene rings is 1. The molecule has 4 heteroatoms. The number of amides is 1. The van der Waals surface area contributed by atoms with E-state index in [1.807, 2.05) is 11.9 Å². The van der Waals surface area contributed by atoms with Crippen LogP contribution in [-0.4, -0.2) is 24.4 Å². The molecule has 0 N–H and O–H groups in total. The lowest BCUT2D eigenvalue weighted by Crippen LogP contribution is -2.31. The Balaban J connectivity index is 2.02. The highest BCUT2D eigenvalue weighted by Gasteiger charge is 2.20. The molecule has 18 heavy (non-hydrogen) atoms. The summed E-state index contributed by atoms with van der Waals surface area (Å²) in [6.45, 7) is 0.860. The second-order valence-electron chi connectivity index (χ2n) is 4.97. The van der Waals surface area contributed by atoms with Crippen LogP contribution in [-0.2, 0) is 0 Å². The van der Waals surface area contributed by atoms with Crippen molar-refractivity contribution < 1.29 is 4.79 Å². The van der Waals surface area contributed by atoms with E-state index in [-0.39, 0.29) is 5.91 Å². The summed E-state index contributed by atoms with van der Waals surface area (Å²) in [5, 5.41) is 0.630. The Morgan fingerprint density at radius 1 is 1.44 bits per heavy atom. The first-order valence-electron chi connectivity index (χ1n) is 6.28. The number of carbonyl (C=O) groups excluding carboxylic acids is 1. The van der Waals surface area contributed by atoms with Crippen LogP contribution in [0.2, 0.25) is 5.02 Å². The van der Waals surface area contributed by atoms with Gasteiger partial charge in [0.25, 0.3) is 5.91 Å². The molecule has 1 saturated carbocycles. The van der Waals surface area contributed by atoms with Crippen LogP contribution < -0.4 is 0 Å². The molecule has 0 radical (unpaired) electrons. The third-order valence-corrected chi connectivity index (χ3v) is 4.73. The first kappa shape index (κ1) is 13.9. The molecule has 2 nitrogen and oxygen atoms in total. The van der Waals surface area contributed by atoms with E-state index in [2.05, 4.69) is 15.9 Å². The van der Waals surface area contributed by atoms with E-state index in [1.54, 1.807) is 18.2 Å². The molecule has 1 aromatic rings. The molecule has 0 atom stereocenters. The van der Waals surface area contributed by atoms with E-state index < -0.39 is 0 Å². The van der Waals surface area contributed by atoms with E-state index in [4.69, 9.17) is 11.6 Å². The number of halogens is 2. The van der Waals surface area contributed by atoms with Gasteiger partial charge in [-0.2, -0.15) is 0 Å². The van der Waals surface area contributed by atoms with E-state index in [9.17, 15) is 4.79 Å². The van der Waals surface area contributed by atoms with Crippen LogP contribution in [0.1, 0.15) is 36.0 Å². The van der Waals surface area contributed by atoms with E-state index >= 15 is 0 Å². The summed E-state index contributed by atoms with van der Waals surface area (Å²) in [7, 11) is 1.88. The first-order chi connectivity index (χ1) is 8.58. The first-order valence-corrected chi connectivity index (χ1v) is 7.45. The standard InChI is InChI=1S/C14H17BrClNO/c1-17(9-10-4-2-3-5-10)14(18)11-6-7-13(16)12(15)8-11/h6-8,10H,2-5,9H2,1H3. The minimum Gasteiger partial charge on any atom is -0.341 e. The zero-order valence-electron chi connectivity index (χ0n) is 10.5. The Morgan fingerprint density at radius 3 is 2.72 bits per heavy atom. The Morgan fingerprint density at radius 2 is 2.11 bits per heavy atom. The molecular weight excluding hydrogens is 314 g/mol. The Kier molecular flexibility index (Phi) is 4.68. The second kappa shape index (κ2) is 6.07. The molecule has 2 rings (SSSR count). The van der Waals surface area contributed by atoms with Crippen LogP contribution in [0.4, 0.5) is 0 Å². The van der Waals surface area contributed by atoms with Crippen LogP contribution in [0.3, 0.4) is 0 Å². The summed E-state index contributed by atoms with van der Waals surface area (Å²) in [4.78, 5) is 14.1. The maximum atomic E-state index is 12.3. The molecule has 1 fully saturated rings. The van der Waals surface area contributed by atoms with Crippen LogP contribution in [0.5, 0.6) is 0 Å². The van der Waals surface area contributed by atoms with Crippen molar-refractivity contribution >= 4 is 33.4 Å². The Bertz CT molecular complexity index is 443. The lowest BCUT2D eigenvalue weighted by Gasteiger charge is -2.21. The molecule has 98 valence electrons. The fourth-order valence-corrected chi connectivity index (χ4v) is 3.01. The van der Waals surface area contributed by atoms with Crippen molar-refractivity contribution in [3.8, 4) is 0 Å². The summed E-state index contributed by atoms with van der Waals surface area (Å²) in [6.07, 6.45) is 5.11. The van der Waals surface area contributed by atoms with Crippen molar-refractivity contribution in [2.24, 2.45) is 5.92 Å². The molecule has 1 aliphatic rings. The zero-order chi connectivity index (χ0) is 13.1. The van der Waals surface area contributed by atoms with Crippen molar-refractivity contribution in [3.63, 3.8) is 0 Å². The van der Waals surface area contributed by atoms with Gasteiger partial charge in [-0.05, 0) is 52.9 Å². The summed E-state index contributed by atoms with van der Waals surface area (Å²) in [5.41, 5.74) is 0.687. The van der Waals surface area contributed by atoms with Gasteiger partial charge in [0.05, 0.1) is 5.02 Å². The number of carbonyl (C=O) groups is 1. The number of hydrogen-bond acceptors (Lipinski definition) is 1. The van der Waals surface area contributed by atoms with Gasteiger partial charge in [0, 0.05) is 23.6 Å². The van der Waals surface area contributed by atoms with Crippen LogP contribution >= 0.6 is 27.5 Å². The van der Waals surface area contributed by atoms with Gasteiger partial charge in [-0.1, -0.05) is 24.4 Å². The number of nitrogens with zero attached hydrogens (tertiary/aromatic N) is 1. The largest absolute Gasteiger partial charge is 0.341 e. The fraction of sp³-hybridized carbons (Fsp3) is 0.500. The van der Waals surface area contributed by atoms with Gasteiger partial charge >= 0.3 is 0 Å². The van der Waals surface area contributed by atoms with Gasteiger partial charge in [0.1, 0.15) is 0 Å². The van der Waals surface area contributed by atoms with E-state index in [0.717, 1.165) is 11.0 Å². The molecule has 0 unspecified atom stereocenters. The molecule has 0 saturated heterocycles. The molecule has 0 spiro atoms. The number of hydrogen-bond donors (Lipinski definition) is 0. The van der Waals surface area contributed by atoms with Crippen molar-refractivity contribution in [1.29, 1.82) is 0 Å². The molecule has 0 aliphatic heterocycles. The maximum Gasteiger partial charge on any atom is 0.253 e. The van der Waals surface area contributed by atoms with Crippen LogP contribution in [0.25, 0.3) is 0 Å². The van der Waals surface area contributed by atoms with Gasteiger partial charge in [0.15, 0.2) is 0 Å². The quantitative estimate of drug-likeness (QED) is 0.806. The topological polar surface area (TPSA) is 20.3 Å². The third-order valence-electron chi connectivity index (χ3n) is 3.52. The molecule has 0 aromatic heterocycles. The third kappa shape index (κ3) is 3.27. The molecule has 1 amide bonds. The second-order valence-corrected chi connectivity index (χ2v) is 6.23. The van der Waals surface area contributed by atoms with Gasteiger partial charge in [-0.3, -0.25) is 4.79 Å². The van der Waals surface area contributed by atoms with Gasteiger partial charge < -0.3 is 4.90 Å². The van der Waals surface area contributed by atoms with E-state index in [1.165, 1.54) is 25.7 Å². The average Bonchev–Trinajstić information content (AvgIpc) is 2.84. The minimum absolute atomic E-state index is 0.0688. The maximum absolute atomic E-state index is 12.3. The summed E-state index contributed by atoms with van der Waals surface area (Å²) in [6, 6.07) is 5.32. The zero-order valence-corrected chi connectivity index (χ0v) is 12.8. The molecular formula is C14H17BrClNO. The molecule has 1 aliphatic carbocycles. The van der Waals surface area contributed by atoms with Crippen molar-refractivity contribution in [2.45, 2.75) is 25.7 Å². The summed E-state index contributed by atoms with van der Waals surface area (Å²) in [5.74, 6) is 0.744. The lowest BCUT2D eigenvalue weighted by molar-refractivity contribution is 0.0773. The smallest absolute Gasteiger partial charge is 0.253 e. The van der Waals surface area contributed by atoms with Crippen LogP contribution in [0, 0.1) is 5.92 Å². The van der Waals surface area contributed by atoms with Crippen molar-refractivity contribution in [3.05, 3.63) is 33.3 Å². The average molecular weight is 331 g/mol. The van der Waals surface area contributed by atoms with Crippen LogP contribution in [0.15, 0.2) is 22.7 Å². The minimum atomic E-state index is 0.0688. The van der Waals surface area contributed by atoms with Gasteiger partial charge in [0.2, 0.25) is 0 Å². The van der Waals surface area contributed by atoms with E-state index in [0.29, 0.717) is 16.5 Å². The fourth-order valence-electron chi connectivity index (χ4n) is 2.51. The normalized spacial score (nSPS) is 15.9. The highest BCUT2D eigenvalue weighted by molar-refractivity contribution is 9.10. The predicted octanol–water partition coefficient (Wildman–Crippen LogP) is 4.36. The predicted molar refractivity (Wildman–Crippen MR) is 78.1 cm³/mol. The van der Waals surface area contributed by atoms with Crippen molar-refractivity contribution in [2.75, 3.05) is 13.6 Å². The SMILES string of the molecule is CN(CC1CCCC1)C(=O)c1ccc(Cl)c(Br)c1. The monoisotopic (exact) mass is 329 g/mol. The highest BCUT2D eigenvalue weighted by atomic mass is 79.9. The molecule has 0 bridgehead atoms. The highest BCUT2D eigenvalue weighted by Crippen LogP contribution is 2.27. The molecule has 0 heterocycles. The van der Waals surface area contributed by atoms with Gasteiger partial charge in [-0.25, -0.2) is 0 Å². The summed E-state index contributed by atoms with van der Waals surface area (Å²) < 4.78 is 0.768. The number of rotatable bonds is 3. The molecule has 1 aromatic carbocycles. The van der Waals surface area contributed by atoms with Crippen molar-refractivity contribution in [1.82, 2.24) is 4.90 Å². The Hall–Kier alpha value is -0.540. The summed E-state index contributed by atoms with van der Waals surface area (Å²) >= 11 is 9.28. The van der Waals surface area contributed by atoms with Gasteiger partial charge in [-0.15, -0.1) is 0 Å². The lowest BCUT2D eigenvalue weighted by atomic mass is 10.1.